The molecule has 0 aliphatic heterocycles. The second-order valence-corrected chi connectivity index (χ2v) is 7.62. The zero-order valence-corrected chi connectivity index (χ0v) is 20.2. The van der Waals surface area contributed by atoms with E-state index in [1.165, 1.54) is 0 Å². The molecule has 176 valence electrons. The molecule has 0 aliphatic rings. The monoisotopic (exact) mass is 442 g/mol. The second-order valence-electron chi connectivity index (χ2n) is 7.62. The first-order valence-electron chi connectivity index (χ1n) is 11.1. The van der Waals surface area contributed by atoms with Gasteiger partial charge in [0.25, 0.3) is 0 Å². The molecular weight excluding hydrogens is 404 g/mol. The first-order chi connectivity index (χ1) is 15.5. The molecule has 0 saturated heterocycles. The quantitative estimate of drug-likeness (QED) is 0.405. The molecule has 0 bridgehead atoms. The molecule has 0 N–H and O–H groups in total. The third kappa shape index (κ3) is 7.68. The lowest BCUT2D eigenvalue weighted by molar-refractivity contribution is 0.201. The maximum absolute atomic E-state index is 5.83. The van der Waals surface area contributed by atoms with Crippen LogP contribution in [-0.2, 0) is 6.42 Å². The van der Waals surface area contributed by atoms with Gasteiger partial charge in [-0.25, -0.2) is 0 Å². The van der Waals surface area contributed by atoms with E-state index in [9.17, 15) is 0 Å². The van der Waals surface area contributed by atoms with E-state index in [-0.39, 0.29) is 0 Å². The molecular formula is C26H38N2O4. The largest absolute Gasteiger partial charge is 0.493 e. The van der Waals surface area contributed by atoms with Gasteiger partial charge < -0.3 is 23.8 Å². The summed E-state index contributed by atoms with van der Waals surface area (Å²) in [6.07, 6.45) is 1.71. The maximum Gasteiger partial charge on any atom is 0.203 e. The lowest BCUT2D eigenvalue weighted by Crippen LogP contribution is -2.35. The highest BCUT2D eigenvalue weighted by atomic mass is 16.5. The molecule has 0 unspecified atom stereocenters. The van der Waals surface area contributed by atoms with E-state index in [4.69, 9.17) is 18.9 Å². The van der Waals surface area contributed by atoms with Gasteiger partial charge in [-0.15, -0.1) is 0 Å². The topological polar surface area (TPSA) is 43.4 Å². The number of ether oxygens (including phenoxy) is 4. The smallest absolute Gasteiger partial charge is 0.203 e. The normalized spacial score (nSPS) is 10.7. The van der Waals surface area contributed by atoms with Gasteiger partial charge in [-0.3, -0.25) is 4.90 Å². The highest BCUT2D eigenvalue weighted by Gasteiger charge is 2.14. The molecule has 2 rings (SSSR count). The molecule has 0 saturated carbocycles. The molecule has 0 aromatic heterocycles. The van der Waals surface area contributed by atoms with Crippen LogP contribution >= 0.6 is 0 Å². The standard InChI is InChI=1S/C26H38N2O4/c1-7-28(17-18-32-23-11-9-8-10-12-23)16-15-27(3)21(2)13-14-22-19-24(29-4)26(31-6)25(20-22)30-5/h8-12,19-20H,2,7,13-18H2,1,3-6H3. The molecule has 2 aromatic carbocycles. The Balaban J connectivity index is 1.79. The van der Waals surface area contributed by atoms with Crippen LogP contribution in [0, 0.1) is 0 Å². The summed E-state index contributed by atoms with van der Waals surface area (Å²) < 4.78 is 22.2. The maximum atomic E-state index is 5.83. The van der Waals surface area contributed by atoms with Gasteiger partial charge in [0, 0.05) is 32.4 Å². The van der Waals surface area contributed by atoms with E-state index in [2.05, 4.69) is 30.4 Å². The van der Waals surface area contributed by atoms with Crippen molar-refractivity contribution in [3.05, 3.63) is 60.3 Å². The fraction of sp³-hybridized carbons (Fsp3) is 0.462. The van der Waals surface area contributed by atoms with Crippen LogP contribution in [0.2, 0.25) is 0 Å². The van der Waals surface area contributed by atoms with Crippen LogP contribution in [0.3, 0.4) is 0 Å². The zero-order chi connectivity index (χ0) is 23.3. The van der Waals surface area contributed by atoms with Crippen molar-refractivity contribution in [1.29, 1.82) is 0 Å². The number of hydrogen-bond acceptors (Lipinski definition) is 6. The molecule has 0 amide bonds. The Hall–Kier alpha value is -2.86. The van der Waals surface area contributed by atoms with Gasteiger partial charge in [0.2, 0.25) is 5.75 Å². The van der Waals surface area contributed by atoms with Gasteiger partial charge >= 0.3 is 0 Å². The van der Waals surface area contributed by atoms with E-state index in [0.29, 0.717) is 23.9 Å². The fourth-order valence-corrected chi connectivity index (χ4v) is 3.45. The number of aryl methyl sites for hydroxylation is 1. The number of methoxy groups -OCH3 is 3. The van der Waals surface area contributed by atoms with Crippen LogP contribution in [0.5, 0.6) is 23.0 Å². The minimum atomic E-state index is 0.616. The summed E-state index contributed by atoms with van der Waals surface area (Å²) in [5.41, 5.74) is 2.23. The molecule has 6 nitrogen and oxygen atoms in total. The molecule has 6 heteroatoms. The Kier molecular flexibility index (Phi) is 10.7. The van der Waals surface area contributed by atoms with Crippen molar-refractivity contribution in [2.75, 3.05) is 61.2 Å². The predicted octanol–water partition coefficient (Wildman–Crippen LogP) is 4.49. The summed E-state index contributed by atoms with van der Waals surface area (Å²) in [6.45, 7) is 10.9. The van der Waals surface area contributed by atoms with Gasteiger partial charge in [0.05, 0.1) is 21.3 Å². The van der Waals surface area contributed by atoms with Crippen LogP contribution in [0.1, 0.15) is 18.9 Å². The Bertz CT molecular complexity index is 801. The molecule has 0 atom stereocenters. The van der Waals surface area contributed by atoms with E-state index in [1.807, 2.05) is 42.5 Å². The Morgan fingerprint density at radius 2 is 1.56 bits per heavy atom. The average molecular weight is 443 g/mol. The molecule has 0 heterocycles. The fourth-order valence-electron chi connectivity index (χ4n) is 3.45. The van der Waals surface area contributed by atoms with Gasteiger partial charge in [0.1, 0.15) is 12.4 Å². The van der Waals surface area contributed by atoms with Crippen molar-refractivity contribution in [2.45, 2.75) is 19.8 Å². The molecule has 2 aromatic rings. The molecule has 32 heavy (non-hydrogen) atoms. The minimum absolute atomic E-state index is 0.616. The van der Waals surface area contributed by atoms with Crippen molar-refractivity contribution >= 4 is 0 Å². The van der Waals surface area contributed by atoms with Crippen molar-refractivity contribution in [1.82, 2.24) is 9.80 Å². The Morgan fingerprint density at radius 1 is 0.906 bits per heavy atom. The summed E-state index contributed by atoms with van der Waals surface area (Å²) in [5.74, 6) is 2.89. The Labute approximate surface area is 193 Å². The SMILES string of the molecule is C=C(CCc1cc(OC)c(OC)c(OC)c1)N(C)CCN(CC)CCOc1ccccc1. The van der Waals surface area contributed by atoms with Crippen LogP contribution in [0.25, 0.3) is 0 Å². The number of rotatable bonds is 15. The number of likely N-dealkylation sites (N-methyl/N-ethyl adjacent to an activating group) is 2. The van der Waals surface area contributed by atoms with Crippen LogP contribution in [0.15, 0.2) is 54.7 Å². The van der Waals surface area contributed by atoms with Crippen molar-refractivity contribution in [3.63, 3.8) is 0 Å². The first-order valence-corrected chi connectivity index (χ1v) is 11.1. The van der Waals surface area contributed by atoms with Gasteiger partial charge in [-0.05, 0) is 49.2 Å². The summed E-state index contributed by atoms with van der Waals surface area (Å²) in [5, 5.41) is 0. The average Bonchev–Trinajstić information content (AvgIpc) is 2.84. The van der Waals surface area contributed by atoms with Gasteiger partial charge in [0.15, 0.2) is 11.5 Å². The summed E-state index contributed by atoms with van der Waals surface area (Å²) >= 11 is 0. The van der Waals surface area contributed by atoms with Crippen molar-refractivity contribution in [3.8, 4) is 23.0 Å². The third-order valence-electron chi connectivity index (χ3n) is 5.58. The van der Waals surface area contributed by atoms with E-state index in [0.717, 1.165) is 56.0 Å². The van der Waals surface area contributed by atoms with E-state index in [1.54, 1.807) is 21.3 Å². The van der Waals surface area contributed by atoms with Crippen LogP contribution < -0.4 is 18.9 Å². The molecule has 0 aliphatic carbocycles. The second kappa shape index (κ2) is 13.5. The predicted molar refractivity (Wildman–Crippen MR) is 130 cm³/mol. The van der Waals surface area contributed by atoms with E-state index < -0.39 is 0 Å². The highest BCUT2D eigenvalue weighted by molar-refractivity contribution is 5.53. The number of allylic oxidation sites excluding steroid dienone is 1. The number of para-hydroxylation sites is 1. The summed E-state index contributed by atoms with van der Waals surface area (Å²) in [7, 11) is 6.99. The van der Waals surface area contributed by atoms with Crippen molar-refractivity contribution < 1.29 is 18.9 Å². The lowest BCUT2D eigenvalue weighted by Gasteiger charge is -2.27. The summed E-state index contributed by atoms with van der Waals surface area (Å²) in [4.78, 5) is 4.63. The molecule has 0 spiro atoms. The number of nitrogens with zero attached hydrogens (tertiary/aromatic N) is 2. The third-order valence-corrected chi connectivity index (χ3v) is 5.58. The first kappa shape index (κ1) is 25.4. The van der Waals surface area contributed by atoms with Crippen LogP contribution in [0.4, 0.5) is 0 Å². The van der Waals surface area contributed by atoms with Gasteiger partial charge in [-0.1, -0.05) is 31.7 Å². The minimum Gasteiger partial charge on any atom is -0.493 e. The number of hydrogen-bond donors (Lipinski definition) is 0. The molecule has 0 radical (unpaired) electrons. The lowest BCUT2D eigenvalue weighted by atomic mass is 10.1. The van der Waals surface area contributed by atoms with E-state index >= 15 is 0 Å². The molecule has 0 fully saturated rings. The zero-order valence-electron chi connectivity index (χ0n) is 20.2. The number of benzene rings is 2. The summed E-state index contributed by atoms with van der Waals surface area (Å²) in [6, 6.07) is 14.0. The van der Waals surface area contributed by atoms with Crippen molar-refractivity contribution in [2.24, 2.45) is 0 Å². The highest BCUT2D eigenvalue weighted by Crippen LogP contribution is 2.38. The Morgan fingerprint density at radius 3 is 2.12 bits per heavy atom. The van der Waals surface area contributed by atoms with Gasteiger partial charge in [-0.2, -0.15) is 0 Å². The van der Waals surface area contributed by atoms with Crippen LogP contribution in [-0.4, -0.2) is 71.0 Å².